The molecule has 102 valence electrons. The quantitative estimate of drug-likeness (QED) is 0.801. The Kier molecular flexibility index (Phi) is 5.33. The molecule has 1 atom stereocenters. The third-order valence-corrected chi connectivity index (χ3v) is 3.12. The van der Waals surface area contributed by atoms with Crippen LogP contribution in [-0.2, 0) is 9.84 Å². The smallest absolute Gasteiger partial charge is 0.226 e. The molecular weight excluding hydrogens is 254 g/mol. The maximum Gasteiger partial charge on any atom is 0.226 e. The molecule has 0 saturated carbocycles. The van der Waals surface area contributed by atoms with Crippen LogP contribution in [0.3, 0.4) is 0 Å². The Morgan fingerprint density at radius 1 is 1.50 bits per heavy atom. The summed E-state index contributed by atoms with van der Waals surface area (Å²) < 4.78 is 27.6. The molecule has 1 aromatic heterocycles. The van der Waals surface area contributed by atoms with Gasteiger partial charge in [0, 0.05) is 24.6 Å². The van der Waals surface area contributed by atoms with Gasteiger partial charge in [-0.3, -0.25) is 0 Å². The minimum atomic E-state index is -3.02. The number of ether oxygens (including phenoxy) is 1. The molecule has 1 N–H and O–H groups in total. The van der Waals surface area contributed by atoms with Gasteiger partial charge < -0.3 is 10.1 Å². The van der Waals surface area contributed by atoms with Crippen molar-refractivity contribution in [3.05, 3.63) is 12.3 Å². The molecule has 1 unspecified atom stereocenters. The molecule has 18 heavy (non-hydrogen) atoms. The van der Waals surface area contributed by atoms with E-state index >= 15 is 0 Å². The van der Waals surface area contributed by atoms with E-state index in [0.717, 1.165) is 6.42 Å². The first kappa shape index (κ1) is 14.7. The average molecular weight is 273 g/mol. The lowest BCUT2D eigenvalue weighted by molar-refractivity contribution is 0.305. The number of aromatic nitrogens is 2. The van der Waals surface area contributed by atoms with Crippen molar-refractivity contribution in [2.75, 3.05) is 23.9 Å². The Hall–Kier alpha value is -1.37. The predicted molar refractivity (Wildman–Crippen MR) is 70.6 cm³/mol. The van der Waals surface area contributed by atoms with E-state index in [1.54, 1.807) is 19.2 Å². The Bertz CT molecular complexity index is 476. The molecular formula is C11H19N3O3S. The standard InChI is InChI=1S/C11H19N3O3S/c1-4-7-17-10-5-6-12-11(14-10)13-9(2)8-18(3,15)16/h5-6,9H,4,7-8H2,1-3H3,(H,12,13,14). The molecule has 0 aromatic carbocycles. The second-order valence-corrected chi connectivity index (χ2v) is 6.39. The third-order valence-electron chi connectivity index (χ3n) is 2.01. The van der Waals surface area contributed by atoms with Gasteiger partial charge in [0.2, 0.25) is 11.8 Å². The highest BCUT2D eigenvalue weighted by molar-refractivity contribution is 7.90. The summed E-state index contributed by atoms with van der Waals surface area (Å²) in [6, 6.07) is 1.42. The highest BCUT2D eigenvalue weighted by Crippen LogP contribution is 2.09. The Morgan fingerprint density at radius 3 is 2.83 bits per heavy atom. The number of hydrogen-bond donors (Lipinski definition) is 1. The molecule has 0 radical (unpaired) electrons. The van der Waals surface area contributed by atoms with Crippen LogP contribution in [-0.4, -0.2) is 43.0 Å². The molecule has 0 spiro atoms. The van der Waals surface area contributed by atoms with E-state index in [9.17, 15) is 8.42 Å². The minimum Gasteiger partial charge on any atom is -0.478 e. The molecule has 1 aromatic rings. The lowest BCUT2D eigenvalue weighted by Gasteiger charge is -2.13. The molecule has 0 fully saturated rings. The summed E-state index contributed by atoms with van der Waals surface area (Å²) in [4.78, 5) is 8.16. The van der Waals surface area contributed by atoms with Crippen LogP contribution in [0.5, 0.6) is 5.88 Å². The van der Waals surface area contributed by atoms with Crippen LogP contribution in [0.25, 0.3) is 0 Å². The van der Waals surface area contributed by atoms with E-state index < -0.39 is 9.84 Å². The van der Waals surface area contributed by atoms with Gasteiger partial charge >= 0.3 is 0 Å². The van der Waals surface area contributed by atoms with Crippen LogP contribution in [0.15, 0.2) is 12.3 Å². The fourth-order valence-corrected chi connectivity index (χ4v) is 2.41. The third kappa shape index (κ3) is 5.81. The highest BCUT2D eigenvalue weighted by atomic mass is 32.2. The van der Waals surface area contributed by atoms with E-state index in [0.29, 0.717) is 18.4 Å². The summed E-state index contributed by atoms with van der Waals surface area (Å²) in [6.45, 7) is 4.37. The Morgan fingerprint density at radius 2 is 2.22 bits per heavy atom. The molecule has 7 heteroatoms. The number of hydrogen-bond acceptors (Lipinski definition) is 6. The normalized spacial score (nSPS) is 13.1. The molecule has 0 amide bonds. The minimum absolute atomic E-state index is 0.0381. The van der Waals surface area contributed by atoms with Crippen LogP contribution >= 0.6 is 0 Å². The zero-order valence-electron chi connectivity index (χ0n) is 10.9. The largest absolute Gasteiger partial charge is 0.478 e. The maximum absolute atomic E-state index is 11.1. The van der Waals surface area contributed by atoms with E-state index in [1.807, 2.05) is 6.92 Å². The summed E-state index contributed by atoms with van der Waals surface area (Å²) in [6.07, 6.45) is 3.68. The highest BCUT2D eigenvalue weighted by Gasteiger charge is 2.11. The second-order valence-electron chi connectivity index (χ2n) is 4.20. The number of rotatable bonds is 7. The zero-order chi connectivity index (χ0) is 13.6. The number of anilines is 1. The van der Waals surface area contributed by atoms with Crippen molar-refractivity contribution in [3.8, 4) is 5.88 Å². The van der Waals surface area contributed by atoms with Crippen LogP contribution in [0.1, 0.15) is 20.3 Å². The Balaban J connectivity index is 2.61. The van der Waals surface area contributed by atoms with Crippen molar-refractivity contribution in [3.63, 3.8) is 0 Å². The monoisotopic (exact) mass is 273 g/mol. The van der Waals surface area contributed by atoms with Gasteiger partial charge in [-0.05, 0) is 13.3 Å². The van der Waals surface area contributed by atoms with Gasteiger partial charge in [-0.15, -0.1) is 0 Å². The van der Waals surface area contributed by atoms with Crippen LogP contribution in [0.4, 0.5) is 5.95 Å². The molecule has 0 bridgehead atoms. The van der Waals surface area contributed by atoms with Gasteiger partial charge in [0.05, 0.1) is 12.4 Å². The van der Waals surface area contributed by atoms with E-state index in [-0.39, 0.29) is 11.8 Å². The average Bonchev–Trinajstić information content (AvgIpc) is 2.24. The first-order valence-corrected chi connectivity index (χ1v) is 7.87. The fourth-order valence-electron chi connectivity index (χ4n) is 1.41. The topological polar surface area (TPSA) is 81.2 Å². The molecule has 1 heterocycles. The van der Waals surface area contributed by atoms with Crippen LogP contribution in [0.2, 0.25) is 0 Å². The fraction of sp³-hybridized carbons (Fsp3) is 0.636. The number of sulfone groups is 1. The van der Waals surface area contributed by atoms with Crippen molar-refractivity contribution >= 4 is 15.8 Å². The maximum atomic E-state index is 11.1. The molecule has 0 aliphatic rings. The summed E-state index contributed by atoms with van der Waals surface area (Å²) in [5.41, 5.74) is 0. The zero-order valence-corrected chi connectivity index (χ0v) is 11.7. The second kappa shape index (κ2) is 6.53. The first-order chi connectivity index (χ1) is 8.40. The lowest BCUT2D eigenvalue weighted by atomic mass is 10.4. The van der Waals surface area contributed by atoms with Crippen molar-refractivity contribution in [2.24, 2.45) is 0 Å². The van der Waals surface area contributed by atoms with E-state index in [2.05, 4.69) is 15.3 Å². The summed E-state index contributed by atoms with van der Waals surface area (Å²) in [7, 11) is -3.02. The SMILES string of the molecule is CCCOc1ccnc(NC(C)CS(C)(=O)=O)n1. The number of nitrogens with zero attached hydrogens (tertiary/aromatic N) is 2. The van der Waals surface area contributed by atoms with Crippen molar-refractivity contribution in [1.82, 2.24) is 9.97 Å². The number of nitrogens with one attached hydrogen (secondary N) is 1. The van der Waals surface area contributed by atoms with Gasteiger partial charge in [0.25, 0.3) is 0 Å². The lowest BCUT2D eigenvalue weighted by Crippen LogP contribution is -2.26. The van der Waals surface area contributed by atoms with Crippen LogP contribution in [0, 0.1) is 0 Å². The molecule has 0 aliphatic heterocycles. The molecule has 0 aliphatic carbocycles. The van der Waals surface area contributed by atoms with E-state index in [4.69, 9.17) is 4.74 Å². The van der Waals surface area contributed by atoms with E-state index in [1.165, 1.54) is 6.26 Å². The van der Waals surface area contributed by atoms with Crippen molar-refractivity contribution < 1.29 is 13.2 Å². The van der Waals surface area contributed by atoms with Crippen molar-refractivity contribution in [1.29, 1.82) is 0 Å². The van der Waals surface area contributed by atoms with Gasteiger partial charge in [-0.25, -0.2) is 13.4 Å². The molecule has 1 rings (SSSR count). The first-order valence-electron chi connectivity index (χ1n) is 5.81. The summed E-state index contributed by atoms with van der Waals surface area (Å²) in [5.74, 6) is 0.900. The molecule has 0 saturated heterocycles. The summed E-state index contributed by atoms with van der Waals surface area (Å²) in [5, 5.41) is 2.93. The van der Waals surface area contributed by atoms with Gasteiger partial charge in [0.15, 0.2) is 0 Å². The Labute approximate surface area is 108 Å². The molecule has 6 nitrogen and oxygen atoms in total. The summed E-state index contributed by atoms with van der Waals surface area (Å²) >= 11 is 0. The van der Waals surface area contributed by atoms with Crippen LogP contribution < -0.4 is 10.1 Å². The van der Waals surface area contributed by atoms with Gasteiger partial charge in [-0.2, -0.15) is 4.98 Å². The van der Waals surface area contributed by atoms with Gasteiger partial charge in [0.1, 0.15) is 9.84 Å². The van der Waals surface area contributed by atoms with Crippen molar-refractivity contribution in [2.45, 2.75) is 26.3 Å². The predicted octanol–water partition coefficient (Wildman–Crippen LogP) is 1.11. The van der Waals surface area contributed by atoms with Gasteiger partial charge in [-0.1, -0.05) is 6.92 Å².